The van der Waals surface area contributed by atoms with Crippen LogP contribution in [-0.2, 0) is 13.0 Å². The molecule has 0 spiro atoms. The molecule has 0 saturated carbocycles. The summed E-state index contributed by atoms with van der Waals surface area (Å²) in [4.78, 5) is 17.9. The van der Waals surface area contributed by atoms with Crippen molar-refractivity contribution in [1.29, 1.82) is 0 Å². The van der Waals surface area contributed by atoms with Gasteiger partial charge in [0.1, 0.15) is 11.5 Å². The van der Waals surface area contributed by atoms with Gasteiger partial charge in [-0.1, -0.05) is 0 Å². The molecule has 6 nitrogen and oxygen atoms in total. The van der Waals surface area contributed by atoms with E-state index in [1.54, 1.807) is 17.0 Å². The first kappa shape index (κ1) is 10.9. The molecule has 0 aromatic carbocycles. The molecule has 0 fully saturated rings. The highest BCUT2D eigenvalue weighted by Gasteiger charge is 2.27. The van der Waals surface area contributed by atoms with E-state index in [2.05, 4.69) is 4.98 Å². The summed E-state index contributed by atoms with van der Waals surface area (Å²) in [6.07, 6.45) is 0.654. The summed E-state index contributed by atoms with van der Waals surface area (Å²) in [6.45, 7) is 2.79. The predicted molar refractivity (Wildman–Crippen MR) is 62.8 cm³/mol. The van der Waals surface area contributed by atoms with Crippen molar-refractivity contribution < 1.29 is 13.6 Å². The molecule has 18 heavy (non-hydrogen) atoms. The number of aryl methyl sites for hydroxylation is 1. The summed E-state index contributed by atoms with van der Waals surface area (Å²) in [5.74, 6) is 1.60. The number of carbonyl (C=O) groups is 1. The normalized spacial score (nSPS) is 14.6. The Kier molecular flexibility index (Phi) is 2.36. The Hall–Kier alpha value is -2.24. The van der Waals surface area contributed by atoms with Gasteiger partial charge in [-0.2, -0.15) is 4.98 Å². The molecule has 0 unspecified atom stereocenters. The average Bonchev–Trinajstić information content (AvgIpc) is 2.92. The molecule has 0 saturated heterocycles. The third kappa shape index (κ3) is 1.75. The molecule has 0 radical (unpaired) electrons. The molecular formula is C12H13N3O3. The van der Waals surface area contributed by atoms with Crippen LogP contribution >= 0.6 is 0 Å². The van der Waals surface area contributed by atoms with Crippen LogP contribution in [-0.4, -0.2) is 22.3 Å². The topological polar surface area (TPSA) is 85.5 Å². The van der Waals surface area contributed by atoms with Gasteiger partial charge in [0.15, 0.2) is 5.76 Å². The fourth-order valence-corrected chi connectivity index (χ4v) is 2.09. The smallest absolute Gasteiger partial charge is 0.292 e. The second kappa shape index (κ2) is 3.90. The van der Waals surface area contributed by atoms with Gasteiger partial charge >= 0.3 is 0 Å². The summed E-state index contributed by atoms with van der Waals surface area (Å²) < 4.78 is 10.6. The van der Waals surface area contributed by atoms with Crippen molar-refractivity contribution in [2.24, 2.45) is 0 Å². The van der Waals surface area contributed by atoms with Crippen LogP contribution in [0.3, 0.4) is 0 Å². The number of nitrogens with two attached hydrogens (primary N) is 1. The van der Waals surface area contributed by atoms with Crippen molar-refractivity contribution in [2.45, 2.75) is 19.9 Å². The van der Waals surface area contributed by atoms with Gasteiger partial charge < -0.3 is 19.5 Å². The van der Waals surface area contributed by atoms with Gasteiger partial charge in [-0.3, -0.25) is 4.79 Å². The Labute approximate surface area is 103 Å². The number of hydrogen-bond acceptors (Lipinski definition) is 5. The van der Waals surface area contributed by atoms with Crippen molar-refractivity contribution in [1.82, 2.24) is 9.88 Å². The zero-order valence-corrected chi connectivity index (χ0v) is 9.97. The third-order valence-corrected chi connectivity index (χ3v) is 2.99. The van der Waals surface area contributed by atoms with E-state index in [1.165, 1.54) is 0 Å². The van der Waals surface area contributed by atoms with Gasteiger partial charge in [0.25, 0.3) is 11.9 Å². The number of nitrogen functional groups attached to an aromatic ring is 1. The Balaban J connectivity index is 1.81. The molecule has 6 heteroatoms. The summed E-state index contributed by atoms with van der Waals surface area (Å²) in [5.41, 5.74) is 6.33. The van der Waals surface area contributed by atoms with E-state index in [-0.39, 0.29) is 11.9 Å². The summed E-state index contributed by atoms with van der Waals surface area (Å²) in [7, 11) is 0. The fourth-order valence-electron chi connectivity index (χ4n) is 2.09. The van der Waals surface area contributed by atoms with E-state index < -0.39 is 0 Å². The SMILES string of the molecule is Cc1ccc(C(=O)N2CCc3nc(N)oc3C2)o1. The molecule has 1 aliphatic heterocycles. The second-order valence-electron chi connectivity index (χ2n) is 4.31. The first-order valence-corrected chi connectivity index (χ1v) is 5.73. The largest absolute Gasteiger partial charge is 0.456 e. The van der Waals surface area contributed by atoms with E-state index in [0.29, 0.717) is 31.0 Å². The Morgan fingerprint density at radius 1 is 1.44 bits per heavy atom. The van der Waals surface area contributed by atoms with Crippen LogP contribution in [0.25, 0.3) is 0 Å². The number of fused-ring (bicyclic) bond motifs is 1. The Morgan fingerprint density at radius 3 is 3.00 bits per heavy atom. The average molecular weight is 247 g/mol. The number of nitrogens with zero attached hydrogens (tertiary/aromatic N) is 2. The lowest BCUT2D eigenvalue weighted by atomic mass is 10.1. The lowest BCUT2D eigenvalue weighted by Gasteiger charge is -2.24. The summed E-state index contributed by atoms with van der Waals surface area (Å²) >= 11 is 0. The minimum Gasteiger partial charge on any atom is -0.456 e. The monoisotopic (exact) mass is 247 g/mol. The number of carbonyl (C=O) groups excluding carboxylic acids is 1. The van der Waals surface area contributed by atoms with Crippen LogP contribution in [0.1, 0.15) is 27.8 Å². The van der Waals surface area contributed by atoms with E-state index in [0.717, 1.165) is 11.5 Å². The number of hydrogen-bond donors (Lipinski definition) is 1. The lowest BCUT2D eigenvalue weighted by molar-refractivity contribution is 0.0686. The third-order valence-electron chi connectivity index (χ3n) is 2.99. The molecule has 2 aromatic rings. The van der Waals surface area contributed by atoms with E-state index >= 15 is 0 Å². The highest BCUT2D eigenvalue weighted by atomic mass is 16.4. The van der Waals surface area contributed by atoms with Crippen molar-refractivity contribution in [3.63, 3.8) is 0 Å². The zero-order chi connectivity index (χ0) is 12.7. The minimum atomic E-state index is -0.135. The summed E-state index contributed by atoms with van der Waals surface area (Å²) in [5, 5.41) is 0. The summed E-state index contributed by atoms with van der Waals surface area (Å²) in [6, 6.07) is 3.61. The number of oxazole rings is 1. The van der Waals surface area contributed by atoms with Crippen molar-refractivity contribution in [3.8, 4) is 0 Å². The highest BCUT2D eigenvalue weighted by Crippen LogP contribution is 2.22. The van der Waals surface area contributed by atoms with Crippen LogP contribution in [0, 0.1) is 6.92 Å². The Morgan fingerprint density at radius 2 is 2.28 bits per heavy atom. The van der Waals surface area contributed by atoms with Gasteiger partial charge in [-0.25, -0.2) is 0 Å². The molecule has 1 aliphatic rings. The van der Waals surface area contributed by atoms with Crippen molar-refractivity contribution in [3.05, 3.63) is 35.1 Å². The number of rotatable bonds is 1. The van der Waals surface area contributed by atoms with Crippen LogP contribution in [0.5, 0.6) is 0 Å². The van der Waals surface area contributed by atoms with Crippen LogP contribution in [0.15, 0.2) is 21.0 Å². The van der Waals surface area contributed by atoms with E-state index in [9.17, 15) is 4.79 Å². The lowest BCUT2D eigenvalue weighted by Crippen LogP contribution is -2.35. The molecule has 0 bridgehead atoms. The zero-order valence-electron chi connectivity index (χ0n) is 9.97. The van der Waals surface area contributed by atoms with Crippen molar-refractivity contribution in [2.75, 3.05) is 12.3 Å². The van der Waals surface area contributed by atoms with Gasteiger partial charge in [-0.15, -0.1) is 0 Å². The maximum Gasteiger partial charge on any atom is 0.292 e. The van der Waals surface area contributed by atoms with Crippen LogP contribution < -0.4 is 5.73 Å². The molecule has 2 aromatic heterocycles. The maximum atomic E-state index is 12.2. The number of aromatic nitrogens is 1. The van der Waals surface area contributed by atoms with E-state index in [1.807, 2.05) is 6.92 Å². The van der Waals surface area contributed by atoms with Gasteiger partial charge in [0.05, 0.1) is 12.2 Å². The Bertz CT molecular complexity index is 599. The van der Waals surface area contributed by atoms with Gasteiger partial charge in [0.2, 0.25) is 0 Å². The van der Waals surface area contributed by atoms with Crippen molar-refractivity contribution >= 4 is 11.9 Å². The minimum absolute atomic E-state index is 0.135. The van der Waals surface area contributed by atoms with Gasteiger partial charge in [-0.05, 0) is 19.1 Å². The maximum absolute atomic E-state index is 12.2. The number of amides is 1. The number of anilines is 1. The van der Waals surface area contributed by atoms with Crippen LogP contribution in [0.4, 0.5) is 6.01 Å². The molecule has 3 heterocycles. The molecular weight excluding hydrogens is 234 g/mol. The first-order valence-electron chi connectivity index (χ1n) is 5.73. The fraction of sp³-hybridized carbons (Fsp3) is 0.333. The molecule has 1 amide bonds. The van der Waals surface area contributed by atoms with Gasteiger partial charge in [0, 0.05) is 13.0 Å². The quantitative estimate of drug-likeness (QED) is 0.822. The first-order chi connectivity index (χ1) is 8.63. The molecule has 2 N–H and O–H groups in total. The molecule has 0 atom stereocenters. The second-order valence-corrected chi connectivity index (χ2v) is 4.31. The predicted octanol–water partition coefficient (Wildman–Crippen LogP) is 1.36. The molecule has 0 aliphatic carbocycles. The molecule has 3 rings (SSSR count). The van der Waals surface area contributed by atoms with Crippen LogP contribution in [0.2, 0.25) is 0 Å². The van der Waals surface area contributed by atoms with E-state index in [4.69, 9.17) is 14.6 Å². The highest BCUT2D eigenvalue weighted by molar-refractivity contribution is 5.91. The number of furan rings is 1. The molecule has 94 valence electrons. The standard InChI is InChI=1S/C12H13N3O3/c1-7-2-3-9(17-7)11(16)15-5-4-8-10(6-15)18-12(13)14-8/h2-3H,4-6H2,1H3,(H2,13,14).